The van der Waals surface area contributed by atoms with Crippen LogP contribution in [0.2, 0.25) is 0 Å². The highest BCUT2D eigenvalue weighted by Crippen LogP contribution is 2.27. The van der Waals surface area contributed by atoms with Gasteiger partial charge in [-0.25, -0.2) is 14.2 Å². The molecule has 0 bridgehead atoms. The second-order valence-corrected chi connectivity index (χ2v) is 8.73. The number of cyclic esters (lactones) is 1. The number of halogens is 1. The lowest BCUT2D eigenvalue weighted by molar-refractivity contribution is 0.0741. The zero-order valence-electron chi connectivity index (χ0n) is 20.1. The number of anilines is 2. The molecule has 0 spiro atoms. The third kappa shape index (κ3) is 4.70. The van der Waals surface area contributed by atoms with Crippen LogP contribution in [0.5, 0.6) is 0 Å². The van der Waals surface area contributed by atoms with Gasteiger partial charge >= 0.3 is 6.09 Å². The second-order valence-electron chi connectivity index (χ2n) is 8.73. The van der Waals surface area contributed by atoms with Gasteiger partial charge in [0.15, 0.2) is 0 Å². The predicted molar refractivity (Wildman–Crippen MR) is 127 cm³/mol. The van der Waals surface area contributed by atoms with Gasteiger partial charge < -0.3 is 19.3 Å². The van der Waals surface area contributed by atoms with Crippen LogP contribution in [-0.4, -0.2) is 73.9 Å². The van der Waals surface area contributed by atoms with E-state index in [-0.39, 0.29) is 24.1 Å². The number of ether oxygens (including phenoxy) is 2. The number of hydrogen-bond acceptors (Lipinski definition) is 6. The van der Waals surface area contributed by atoms with Gasteiger partial charge in [-0.1, -0.05) is 6.07 Å². The highest BCUT2D eigenvalue weighted by Gasteiger charge is 2.35. The average molecular weight is 471 g/mol. The molecule has 34 heavy (non-hydrogen) atoms. The Hall–Kier alpha value is -3.20. The van der Waals surface area contributed by atoms with Crippen molar-refractivity contribution in [2.75, 3.05) is 55.8 Å². The van der Waals surface area contributed by atoms with Gasteiger partial charge in [0.1, 0.15) is 18.2 Å². The molecule has 0 N–H and O–H groups in total. The smallest absolute Gasteiger partial charge is 0.414 e. The van der Waals surface area contributed by atoms with Crippen molar-refractivity contribution in [3.05, 3.63) is 52.5 Å². The number of aryl methyl sites for hydroxylation is 3. The number of piperazine rings is 1. The predicted octanol–water partition coefficient (Wildman–Crippen LogP) is 3.47. The molecule has 182 valence electrons. The summed E-state index contributed by atoms with van der Waals surface area (Å²) in [7, 11) is 0. The Kier molecular flexibility index (Phi) is 7.02. The molecule has 2 aromatic rings. The third-order valence-corrected chi connectivity index (χ3v) is 6.43. The number of nitrogens with zero attached hydrogens (tertiary/aromatic N) is 4. The van der Waals surface area contributed by atoms with Gasteiger partial charge in [-0.3, -0.25) is 9.69 Å². The van der Waals surface area contributed by atoms with Crippen molar-refractivity contribution in [2.24, 2.45) is 0 Å². The minimum Gasteiger partial charge on any atom is -0.447 e. The van der Waals surface area contributed by atoms with E-state index in [0.29, 0.717) is 45.1 Å². The zero-order chi connectivity index (χ0) is 24.4. The maximum Gasteiger partial charge on any atom is 0.414 e. The first-order chi connectivity index (χ1) is 16.3. The van der Waals surface area contributed by atoms with E-state index in [0.717, 1.165) is 22.6 Å². The fourth-order valence-corrected chi connectivity index (χ4v) is 4.42. The molecule has 1 aromatic carbocycles. The molecule has 2 aliphatic heterocycles. The van der Waals surface area contributed by atoms with Crippen molar-refractivity contribution in [2.45, 2.75) is 33.7 Å². The van der Waals surface area contributed by atoms with Crippen LogP contribution >= 0.6 is 0 Å². The zero-order valence-corrected chi connectivity index (χ0v) is 20.1. The lowest BCUT2D eigenvalue weighted by atomic mass is 10.1. The number of hydrogen-bond donors (Lipinski definition) is 0. The highest BCUT2D eigenvalue weighted by molar-refractivity contribution is 5.96. The minimum atomic E-state index is -0.661. The third-order valence-electron chi connectivity index (χ3n) is 6.43. The molecule has 3 heterocycles. The Balaban J connectivity index is 1.44. The number of benzene rings is 1. The van der Waals surface area contributed by atoms with Crippen LogP contribution in [-0.2, 0) is 9.47 Å². The van der Waals surface area contributed by atoms with Gasteiger partial charge in [-0.05, 0) is 57.0 Å². The van der Waals surface area contributed by atoms with Gasteiger partial charge in [0.2, 0.25) is 0 Å². The number of carbonyl (C=O) groups is 2. The van der Waals surface area contributed by atoms with Crippen molar-refractivity contribution < 1.29 is 23.5 Å². The molecule has 0 saturated carbocycles. The number of pyridine rings is 1. The number of rotatable bonds is 6. The number of amides is 2. The van der Waals surface area contributed by atoms with Crippen molar-refractivity contribution in [1.29, 1.82) is 0 Å². The molecule has 0 radical (unpaired) electrons. The summed E-state index contributed by atoms with van der Waals surface area (Å²) >= 11 is 0. The molecular formula is C25H31FN4O4. The lowest BCUT2D eigenvalue weighted by Crippen LogP contribution is -2.49. The maximum absolute atomic E-state index is 15.0. The van der Waals surface area contributed by atoms with E-state index in [9.17, 15) is 9.59 Å². The highest BCUT2D eigenvalue weighted by atomic mass is 19.1. The minimum absolute atomic E-state index is 0.00777. The summed E-state index contributed by atoms with van der Waals surface area (Å²) in [6.45, 7) is 11.1. The van der Waals surface area contributed by atoms with Gasteiger partial charge in [-0.2, -0.15) is 0 Å². The SMILES string of the molecule is CCOC[C@@H]1COC(=O)N1c1ccc(C(=O)N2CCN(c3nc(C)c(C)cc3C)CC2)c(F)c1. The Labute approximate surface area is 199 Å². The fraction of sp³-hybridized carbons (Fsp3) is 0.480. The Morgan fingerprint density at radius 1 is 1.15 bits per heavy atom. The molecule has 0 unspecified atom stereocenters. The molecule has 9 heteroatoms. The first-order valence-corrected chi connectivity index (χ1v) is 11.6. The monoisotopic (exact) mass is 470 g/mol. The van der Waals surface area contributed by atoms with Gasteiger partial charge in [-0.15, -0.1) is 0 Å². The molecule has 1 aromatic heterocycles. The molecule has 2 fully saturated rings. The molecule has 8 nitrogen and oxygen atoms in total. The molecular weight excluding hydrogens is 439 g/mol. The van der Waals surface area contributed by atoms with Crippen LogP contribution in [0.15, 0.2) is 24.3 Å². The molecule has 2 amide bonds. The van der Waals surface area contributed by atoms with E-state index in [1.165, 1.54) is 17.0 Å². The Morgan fingerprint density at radius 3 is 2.56 bits per heavy atom. The summed E-state index contributed by atoms with van der Waals surface area (Å²) in [6.07, 6.45) is -0.547. The summed E-state index contributed by atoms with van der Waals surface area (Å²) in [6, 6.07) is 6.04. The van der Waals surface area contributed by atoms with Crippen molar-refractivity contribution >= 4 is 23.5 Å². The van der Waals surface area contributed by atoms with E-state index in [2.05, 4.69) is 11.0 Å². The van der Waals surface area contributed by atoms with Crippen LogP contribution in [0.4, 0.5) is 20.7 Å². The van der Waals surface area contributed by atoms with E-state index >= 15 is 4.39 Å². The van der Waals surface area contributed by atoms with E-state index in [1.807, 2.05) is 27.7 Å². The topological polar surface area (TPSA) is 75.2 Å². The van der Waals surface area contributed by atoms with Gasteiger partial charge in [0.25, 0.3) is 5.91 Å². The first kappa shape index (κ1) is 23.9. The van der Waals surface area contributed by atoms with Crippen molar-refractivity contribution in [1.82, 2.24) is 9.88 Å². The summed E-state index contributed by atoms with van der Waals surface area (Å²) in [5, 5.41) is 0. The number of aromatic nitrogens is 1. The van der Waals surface area contributed by atoms with Crippen LogP contribution < -0.4 is 9.80 Å². The standard InChI is InChI=1S/C25H31FN4O4/c1-5-33-14-20-15-34-25(32)30(20)19-6-7-21(22(26)13-19)24(31)29-10-8-28(9-11-29)23-17(3)12-16(2)18(4)27-23/h6-7,12-13,20H,5,8-11,14-15H2,1-4H3/t20-/m1/s1. The summed E-state index contributed by atoms with van der Waals surface area (Å²) < 4.78 is 25.5. The largest absolute Gasteiger partial charge is 0.447 e. The number of carbonyl (C=O) groups excluding carboxylic acids is 2. The van der Waals surface area contributed by atoms with Gasteiger partial charge in [0, 0.05) is 38.5 Å². The van der Waals surface area contributed by atoms with Crippen LogP contribution in [0.1, 0.15) is 34.1 Å². The van der Waals surface area contributed by atoms with Crippen LogP contribution in [0, 0.1) is 26.6 Å². The Morgan fingerprint density at radius 2 is 1.88 bits per heavy atom. The fourth-order valence-electron chi connectivity index (χ4n) is 4.42. The molecule has 2 saturated heterocycles. The van der Waals surface area contributed by atoms with Crippen LogP contribution in [0.3, 0.4) is 0 Å². The molecule has 4 rings (SSSR count). The quantitative estimate of drug-likeness (QED) is 0.644. The molecule has 2 aliphatic rings. The van der Waals surface area contributed by atoms with Crippen LogP contribution in [0.25, 0.3) is 0 Å². The summed E-state index contributed by atoms with van der Waals surface area (Å²) in [5.41, 5.74) is 3.59. The molecule has 1 atom stereocenters. The van der Waals surface area contributed by atoms with E-state index < -0.39 is 11.9 Å². The van der Waals surface area contributed by atoms with E-state index in [4.69, 9.17) is 14.5 Å². The van der Waals surface area contributed by atoms with Gasteiger partial charge in [0.05, 0.1) is 23.9 Å². The summed E-state index contributed by atoms with van der Waals surface area (Å²) in [5.74, 6) is -0.0837. The van der Waals surface area contributed by atoms with Crippen molar-refractivity contribution in [3.63, 3.8) is 0 Å². The average Bonchev–Trinajstić information content (AvgIpc) is 3.19. The first-order valence-electron chi connectivity index (χ1n) is 11.6. The second kappa shape index (κ2) is 9.97. The lowest BCUT2D eigenvalue weighted by Gasteiger charge is -2.36. The normalized spacial score (nSPS) is 18.4. The molecule has 0 aliphatic carbocycles. The maximum atomic E-state index is 15.0. The Bertz CT molecular complexity index is 1080. The summed E-state index contributed by atoms with van der Waals surface area (Å²) in [4.78, 5) is 35.2. The van der Waals surface area contributed by atoms with Crippen molar-refractivity contribution in [3.8, 4) is 0 Å². The van der Waals surface area contributed by atoms with E-state index in [1.54, 1.807) is 11.0 Å².